The van der Waals surface area contributed by atoms with Crippen molar-refractivity contribution in [3.8, 4) is 0 Å². The van der Waals surface area contributed by atoms with Crippen LogP contribution in [-0.2, 0) is 14.8 Å². The number of nitrogens with zero attached hydrogens (tertiary/aromatic N) is 1. The van der Waals surface area contributed by atoms with E-state index in [1.165, 1.54) is 23.4 Å². The van der Waals surface area contributed by atoms with Gasteiger partial charge in [-0.15, -0.1) is 0 Å². The van der Waals surface area contributed by atoms with Gasteiger partial charge in [0.15, 0.2) is 0 Å². The molecule has 1 saturated heterocycles. The lowest BCUT2D eigenvalue weighted by Crippen LogP contribution is -2.40. The summed E-state index contributed by atoms with van der Waals surface area (Å²) in [5.74, 6) is -0.638. The molecule has 0 aliphatic carbocycles. The number of rotatable bonds is 6. The van der Waals surface area contributed by atoms with Gasteiger partial charge in [-0.3, -0.25) is 4.79 Å². The molecule has 0 spiro atoms. The molecule has 0 aromatic heterocycles. The van der Waals surface area contributed by atoms with E-state index in [1.54, 1.807) is 0 Å². The fourth-order valence-corrected chi connectivity index (χ4v) is 4.30. The van der Waals surface area contributed by atoms with E-state index in [0.29, 0.717) is 19.0 Å². The number of carbonyl (C=O) groups is 1. The molecule has 0 atom stereocenters. The highest BCUT2D eigenvalue weighted by atomic mass is 32.2. The third kappa shape index (κ3) is 4.52. The van der Waals surface area contributed by atoms with Crippen molar-refractivity contribution < 1.29 is 17.6 Å². The monoisotopic (exact) mass is 357 g/mol. The van der Waals surface area contributed by atoms with Crippen LogP contribution < -0.4 is 10.6 Å². The SMILES string of the molecule is CCNCC1CCN(S(=O)(=O)c2ccc(F)c(NC(C)=O)c2)CC1. The van der Waals surface area contributed by atoms with E-state index in [9.17, 15) is 17.6 Å². The van der Waals surface area contributed by atoms with Gasteiger partial charge < -0.3 is 10.6 Å². The van der Waals surface area contributed by atoms with Gasteiger partial charge in [0.25, 0.3) is 0 Å². The van der Waals surface area contributed by atoms with Gasteiger partial charge in [-0.05, 0) is 50.0 Å². The maximum atomic E-state index is 13.7. The highest BCUT2D eigenvalue weighted by Crippen LogP contribution is 2.26. The van der Waals surface area contributed by atoms with Crippen LogP contribution in [-0.4, -0.2) is 44.8 Å². The predicted molar refractivity (Wildman–Crippen MR) is 90.7 cm³/mol. The van der Waals surface area contributed by atoms with Crippen molar-refractivity contribution in [1.29, 1.82) is 0 Å². The first-order valence-corrected chi connectivity index (χ1v) is 9.56. The third-order valence-electron chi connectivity index (χ3n) is 4.14. The lowest BCUT2D eigenvalue weighted by molar-refractivity contribution is -0.114. The van der Waals surface area contributed by atoms with Crippen LogP contribution in [0.25, 0.3) is 0 Å². The van der Waals surface area contributed by atoms with Crippen LogP contribution in [0.1, 0.15) is 26.7 Å². The molecule has 2 rings (SSSR count). The van der Waals surface area contributed by atoms with Crippen LogP contribution in [0.2, 0.25) is 0 Å². The van der Waals surface area contributed by atoms with Crippen molar-refractivity contribution in [3.05, 3.63) is 24.0 Å². The molecule has 1 heterocycles. The highest BCUT2D eigenvalue weighted by Gasteiger charge is 2.29. The van der Waals surface area contributed by atoms with E-state index < -0.39 is 21.7 Å². The summed E-state index contributed by atoms with van der Waals surface area (Å²) in [4.78, 5) is 11.1. The smallest absolute Gasteiger partial charge is 0.243 e. The number of anilines is 1. The van der Waals surface area contributed by atoms with Gasteiger partial charge in [0.2, 0.25) is 15.9 Å². The quantitative estimate of drug-likeness (QED) is 0.814. The summed E-state index contributed by atoms with van der Waals surface area (Å²) in [5, 5.41) is 5.60. The zero-order valence-corrected chi connectivity index (χ0v) is 14.8. The summed E-state index contributed by atoms with van der Waals surface area (Å²) in [7, 11) is -3.69. The van der Waals surface area contributed by atoms with E-state index in [-0.39, 0.29) is 10.6 Å². The number of nitrogens with one attached hydrogen (secondary N) is 2. The van der Waals surface area contributed by atoms with E-state index in [2.05, 4.69) is 10.6 Å². The fraction of sp³-hybridized carbons (Fsp3) is 0.562. The van der Waals surface area contributed by atoms with E-state index in [1.807, 2.05) is 6.92 Å². The molecule has 24 heavy (non-hydrogen) atoms. The number of carbonyl (C=O) groups excluding carboxylic acids is 1. The first kappa shape index (κ1) is 18.8. The van der Waals surface area contributed by atoms with E-state index in [0.717, 1.165) is 32.0 Å². The Balaban J connectivity index is 2.12. The number of sulfonamides is 1. The summed E-state index contributed by atoms with van der Waals surface area (Å²) in [6, 6.07) is 3.48. The molecule has 1 fully saturated rings. The summed E-state index contributed by atoms with van der Waals surface area (Å²) < 4.78 is 40.6. The standard InChI is InChI=1S/C16H24FN3O3S/c1-3-18-11-13-6-8-20(9-7-13)24(22,23)14-4-5-15(17)16(10-14)19-12(2)21/h4-5,10,13,18H,3,6-9,11H2,1-2H3,(H,19,21). The van der Waals surface area contributed by atoms with E-state index in [4.69, 9.17) is 0 Å². The molecule has 0 radical (unpaired) electrons. The Bertz CT molecular complexity index is 686. The molecule has 134 valence electrons. The largest absolute Gasteiger partial charge is 0.324 e. The first-order valence-electron chi connectivity index (χ1n) is 8.12. The lowest BCUT2D eigenvalue weighted by atomic mass is 9.98. The minimum Gasteiger partial charge on any atom is -0.324 e. The average Bonchev–Trinajstić information content (AvgIpc) is 2.54. The van der Waals surface area contributed by atoms with Gasteiger partial charge in [-0.1, -0.05) is 6.92 Å². The summed E-state index contributed by atoms with van der Waals surface area (Å²) in [5.41, 5.74) is -0.120. The molecule has 1 aliphatic rings. The van der Waals surface area contributed by atoms with Crippen molar-refractivity contribution in [2.24, 2.45) is 5.92 Å². The minimum absolute atomic E-state index is 0.00205. The molecule has 8 heteroatoms. The lowest BCUT2D eigenvalue weighted by Gasteiger charge is -2.31. The number of benzene rings is 1. The Labute approximate surface area is 142 Å². The van der Waals surface area contributed by atoms with Crippen molar-refractivity contribution in [3.63, 3.8) is 0 Å². The maximum absolute atomic E-state index is 13.7. The zero-order chi connectivity index (χ0) is 17.7. The molecular formula is C16H24FN3O3S. The van der Waals surface area contributed by atoms with Crippen LogP contribution in [0.3, 0.4) is 0 Å². The Morgan fingerprint density at radius 2 is 2.00 bits per heavy atom. The predicted octanol–water partition coefficient (Wildman–Crippen LogP) is 1.79. The maximum Gasteiger partial charge on any atom is 0.243 e. The Morgan fingerprint density at radius 1 is 1.33 bits per heavy atom. The molecular weight excluding hydrogens is 333 g/mol. The molecule has 0 bridgehead atoms. The van der Waals surface area contributed by atoms with Crippen molar-refractivity contribution in [2.45, 2.75) is 31.6 Å². The van der Waals surface area contributed by atoms with Crippen LogP contribution >= 0.6 is 0 Å². The zero-order valence-electron chi connectivity index (χ0n) is 14.0. The topological polar surface area (TPSA) is 78.5 Å². The second-order valence-corrected chi connectivity index (χ2v) is 7.92. The highest BCUT2D eigenvalue weighted by molar-refractivity contribution is 7.89. The minimum atomic E-state index is -3.69. The second kappa shape index (κ2) is 8.04. The van der Waals surface area contributed by atoms with E-state index >= 15 is 0 Å². The Morgan fingerprint density at radius 3 is 2.58 bits per heavy atom. The summed E-state index contributed by atoms with van der Waals surface area (Å²) in [6.45, 7) is 5.99. The van der Waals surface area contributed by atoms with Crippen LogP contribution in [0, 0.1) is 11.7 Å². The van der Waals surface area contributed by atoms with Crippen LogP contribution in [0.15, 0.2) is 23.1 Å². The molecule has 1 amide bonds. The molecule has 1 aliphatic heterocycles. The first-order chi connectivity index (χ1) is 11.3. The number of hydrogen-bond donors (Lipinski definition) is 2. The molecule has 2 N–H and O–H groups in total. The summed E-state index contributed by atoms with van der Waals surface area (Å²) in [6.07, 6.45) is 1.60. The van der Waals surface area contributed by atoms with Crippen molar-refractivity contribution >= 4 is 21.6 Å². The van der Waals surface area contributed by atoms with Gasteiger partial charge in [0, 0.05) is 20.0 Å². The molecule has 1 aromatic rings. The van der Waals surface area contributed by atoms with Gasteiger partial charge in [-0.25, -0.2) is 12.8 Å². The fourth-order valence-electron chi connectivity index (χ4n) is 2.80. The van der Waals surface area contributed by atoms with Gasteiger partial charge >= 0.3 is 0 Å². The van der Waals surface area contributed by atoms with Gasteiger partial charge in [-0.2, -0.15) is 4.31 Å². The normalized spacial score (nSPS) is 17.0. The van der Waals surface area contributed by atoms with Crippen molar-refractivity contribution in [1.82, 2.24) is 9.62 Å². The van der Waals surface area contributed by atoms with Crippen LogP contribution in [0.5, 0.6) is 0 Å². The summed E-state index contributed by atoms with van der Waals surface area (Å²) >= 11 is 0. The third-order valence-corrected chi connectivity index (χ3v) is 6.04. The molecule has 0 saturated carbocycles. The van der Waals surface area contributed by atoms with Gasteiger partial charge in [0.1, 0.15) is 5.82 Å². The number of amides is 1. The number of halogens is 1. The molecule has 6 nitrogen and oxygen atoms in total. The average molecular weight is 357 g/mol. The van der Waals surface area contributed by atoms with Crippen molar-refractivity contribution in [2.75, 3.05) is 31.5 Å². The van der Waals surface area contributed by atoms with Gasteiger partial charge in [0.05, 0.1) is 10.6 Å². The second-order valence-electron chi connectivity index (χ2n) is 5.98. The Kier molecular flexibility index (Phi) is 6.31. The molecule has 1 aromatic carbocycles. The Hall–Kier alpha value is -1.51. The number of hydrogen-bond acceptors (Lipinski definition) is 4. The molecule has 0 unspecified atom stereocenters. The van der Waals surface area contributed by atoms with Crippen LogP contribution in [0.4, 0.5) is 10.1 Å². The number of piperidine rings is 1.